The molecule has 1 aromatic heterocycles. The van der Waals surface area contributed by atoms with Crippen LogP contribution in [0.25, 0.3) is 0 Å². The van der Waals surface area contributed by atoms with Gasteiger partial charge in [-0.15, -0.1) is 0 Å². The fraction of sp³-hybridized carbons (Fsp3) is 0.500. The number of hydrogen-bond donors (Lipinski definition) is 1. The highest BCUT2D eigenvalue weighted by atomic mass is 32.2. The summed E-state index contributed by atoms with van der Waals surface area (Å²) in [5.41, 5.74) is 3.68. The number of rotatable bonds is 6. The molecule has 0 saturated carbocycles. The minimum Gasteiger partial charge on any atom is -0.497 e. The smallest absolute Gasteiger partial charge is 0.282 e. The summed E-state index contributed by atoms with van der Waals surface area (Å²) in [7, 11) is -1.83. The molecule has 1 N–H and O–H groups in total. The number of benzene rings is 1. The Morgan fingerprint density at radius 3 is 2.68 bits per heavy atom. The topological polar surface area (TPSA) is 84.0 Å². The third-order valence-electron chi connectivity index (χ3n) is 5.76. The molecule has 168 valence electrons. The van der Waals surface area contributed by atoms with E-state index in [2.05, 4.69) is 5.32 Å². The second-order valence-corrected chi connectivity index (χ2v) is 9.92. The van der Waals surface area contributed by atoms with Crippen LogP contribution in [-0.2, 0) is 14.9 Å². The molecule has 3 heterocycles. The Balaban J connectivity index is 1.52. The number of anilines is 2. The van der Waals surface area contributed by atoms with Crippen molar-refractivity contribution in [1.29, 1.82) is 0 Å². The monoisotopic (exact) mass is 446 g/mol. The number of aromatic nitrogens is 1. The summed E-state index contributed by atoms with van der Waals surface area (Å²) in [6.07, 6.45) is 1.74. The summed E-state index contributed by atoms with van der Waals surface area (Å²) in [6.45, 7) is 4.71. The van der Waals surface area contributed by atoms with E-state index in [0.717, 1.165) is 41.4 Å². The molecule has 0 unspecified atom stereocenters. The van der Waals surface area contributed by atoms with E-state index in [1.165, 1.54) is 0 Å². The van der Waals surface area contributed by atoms with Crippen LogP contribution >= 0.6 is 0 Å². The molecule has 2 aliphatic heterocycles. The molecule has 1 atom stereocenters. The van der Waals surface area contributed by atoms with Crippen LogP contribution in [0.15, 0.2) is 36.4 Å². The molecule has 2 saturated heterocycles. The predicted molar refractivity (Wildman–Crippen MR) is 120 cm³/mol. The standard InChI is InChI=1S/C22H30N4O4S/c1-17-13-20(24-19-6-3-7-21(14-19)29-2)15-22(23-17)18-5-4-8-26(16-18)31(27,28)25-9-11-30-12-10-25/h3,6-7,13-15,18H,4-5,8-12,16H2,1-2H3,(H,23,24)/t18-/m1/s1. The van der Waals surface area contributed by atoms with Crippen molar-refractivity contribution in [2.75, 3.05) is 51.8 Å². The average molecular weight is 447 g/mol. The molecule has 0 radical (unpaired) electrons. The minimum atomic E-state index is -3.47. The Labute approximate surface area is 184 Å². The van der Waals surface area contributed by atoms with Crippen LogP contribution in [0.4, 0.5) is 11.4 Å². The van der Waals surface area contributed by atoms with Gasteiger partial charge in [0.05, 0.1) is 20.3 Å². The summed E-state index contributed by atoms with van der Waals surface area (Å²) in [5.74, 6) is 0.850. The van der Waals surface area contributed by atoms with Gasteiger partial charge in [0.1, 0.15) is 5.75 Å². The molecule has 2 aliphatic rings. The van der Waals surface area contributed by atoms with Crippen LogP contribution in [0.3, 0.4) is 0 Å². The molecule has 4 rings (SSSR count). The highest BCUT2D eigenvalue weighted by Gasteiger charge is 2.35. The van der Waals surface area contributed by atoms with E-state index in [0.29, 0.717) is 39.4 Å². The van der Waals surface area contributed by atoms with Gasteiger partial charge in [0.15, 0.2) is 0 Å². The number of nitrogens with one attached hydrogen (secondary N) is 1. The van der Waals surface area contributed by atoms with Gasteiger partial charge in [-0.25, -0.2) is 0 Å². The molecule has 0 amide bonds. The maximum absolute atomic E-state index is 13.1. The molecule has 9 heteroatoms. The van der Waals surface area contributed by atoms with E-state index in [1.54, 1.807) is 15.7 Å². The first-order chi connectivity index (χ1) is 15.0. The van der Waals surface area contributed by atoms with Crippen molar-refractivity contribution < 1.29 is 17.9 Å². The summed E-state index contributed by atoms with van der Waals surface area (Å²) < 4.78 is 40.0. The molecule has 0 bridgehead atoms. The van der Waals surface area contributed by atoms with Crippen LogP contribution < -0.4 is 10.1 Å². The summed E-state index contributed by atoms with van der Waals surface area (Å²) in [5, 5.41) is 3.42. The Morgan fingerprint density at radius 2 is 1.90 bits per heavy atom. The van der Waals surface area contributed by atoms with E-state index in [9.17, 15) is 8.42 Å². The average Bonchev–Trinajstić information content (AvgIpc) is 2.79. The van der Waals surface area contributed by atoms with E-state index < -0.39 is 10.2 Å². The quantitative estimate of drug-likeness (QED) is 0.735. The van der Waals surface area contributed by atoms with E-state index in [-0.39, 0.29) is 5.92 Å². The number of aryl methyl sites for hydroxylation is 1. The Morgan fingerprint density at radius 1 is 1.10 bits per heavy atom. The fourth-order valence-corrected chi connectivity index (χ4v) is 5.84. The number of morpholine rings is 1. The van der Waals surface area contributed by atoms with Gasteiger partial charge >= 0.3 is 0 Å². The van der Waals surface area contributed by atoms with Crippen molar-refractivity contribution in [3.05, 3.63) is 47.8 Å². The minimum absolute atomic E-state index is 0.0651. The number of ether oxygens (including phenoxy) is 2. The van der Waals surface area contributed by atoms with Gasteiger partial charge in [-0.3, -0.25) is 4.98 Å². The van der Waals surface area contributed by atoms with Crippen LogP contribution in [-0.4, -0.2) is 68.5 Å². The van der Waals surface area contributed by atoms with Crippen molar-refractivity contribution in [3.8, 4) is 5.75 Å². The van der Waals surface area contributed by atoms with Gasteiger partial charge < -0.3 is 14.8 Å². The molecule has 31 heavy (non-hydrogen) atoms. The number of methoxy groups -OCH3 is 1. The van der Waals surface area contributed by atoms with Gasteiger partial charge in [-0.1, -0.05) is 6.07 Å². The molecular weight excluding hydrogens is 416 g/mol. The zero-order valence-corrected chi connectivity index (χ0v) is 18.9. The zero-order valence-electron chi connectivity index (χ0n) is 18.1. The summed E-state index contributed by atoms with van der Waals surface area (Å²) in [6, 6.07) is 11.8. The molecule has 2 aromatic rings. The Hall–Kier alpha value is -2.20. The van der Waals surface area contributed by atoms with Crippen LogP contribution in [0.2, 0.25) is 0 Å². The Kier molecular flexibility index (Phi) is 6.76. The molecular formula is C22H30N4O4S. The SMILES string of the molecule is COc1cccc(Nc2cc(C)nc([C@@H]3CCCN(S(=O)(=O)N4CCOCC4)C3)c2)c1. The second-order valence-electron chi connectivity index (χ2n) is 8.00. The lowest BCUT2D eigenvalue weighted by atomic mass is 9.95. The van der Waals surface area contributed by atoms with Crippen LogP contribution in [0.5, 0.6) is 5.75 Å². The first kappa shape index (κ1) is 22.0. The van der Waals surface area contributed by atoms with Crippen molar-refractivity contribution in [3.63, 3.8) is 0 Å². The van der Waals surface area contributed by atoms with Crippen molar-refractivity contribution in [1.82, 2.24) is 13.6 Å². The van der Waals surface area contributed by atoms with E-state index in [1.807, 2.05) is 43.3 Å². The zero-order chi connectivity index (χ0) is 21.8. The number of piperidine rings is 1. The van der Waals surface area contributed by atoms with Crippen LogP contribution in [0.1, 0.15) is 30.1 Å². The summed E-state index contributed by atoms with van der Waals surface area (Å²) >= 11 is 0. The predicted octanol–water partition coefficient (Wildman–Crippen LogP) is 2.90. The molecule has 0 aliphatic carbocycles. The third kappa shape index (κ3) is 5.17. The fourth-order valence-electron chi connectivity index (χ4n) is 4.18. The normalized spacial score (nSPS) is 21.0. The van der Waals surface area contributed by atoms with Gasteiger partial charge in [0.25, 0.3) is 10.2 Å². The summed E-state index contributed by atoms with van der Waals surface area (Å²) in [4.78, 5) is 4.74. The first-order valence-electron chi connectivity index (χ1n) is 10.7. The van der Waals surface area contributed by atoms with Gasteiger partial charge in [-0.05, 0) is 44.0 Å². The number of pyridine rings is 1. The number of nitrogens with zero attached hydrogens (tertiary/aromatic N) is 3. The third-order valence-corrected chi connectivity index (χ3v) is 7.76. The van der Waals surface area contributed by atoms with Gasteiger partial charge in [-0.2, -0.15) is 17.0 Å². The van der Waals surface area contributed by atoms with E-state index >= 15 is 0 Å². The van der Waals surface area contributed by atoms with Gasteiger partial charge in [0.2, 0.25) is 0 Å². The highest BCUT2D eigenvalue weighted by molar-refractivity contribution is 7.86. The lowest BCUT2D eigenvalue weighted by Crippen LogP contribution is -2.51. The number of hydrogen-bond acceptors (Lipinski definition) is 6. The van der Waals surface area contributed by atoms with E-state index in [4.69, 9.17) is 14.5 Å². The maximum atomic E-state index is 13.1. The lowest BCUT2D eigenvalue weighted by molar-refractivity contribution is 0.0695. The highest BCUT2D eigenvalue weighted by Crippen LogP contribution is 2.31. The van der Waals surface area contributed by atoms with Crippen molar-refractivity contribution in [2.24, 2.45) is 0 Å². The van der Waals surface area contributed by atoms with Crippen molar-refractivity contribution in [2.45, 2.75) is 25.7 Å². The van der Waals surface area contributed by atoms with Crippen LogP contribution in [0, 0.1) is 6.92 Å². The molecule has 0 spiro atoms. The maximum Gasteiger partial charge on any atom is 0.282 e. The lowest BCUT2D eigenvalue weighted by Gasteiger charge is -2.36. The molecule has 8 nitrogen and oxygen atoms in total. The Bertz CT molecular complexity index is 1010. The molecule has 2 fully saturated rings. The second kappa shape index (κ2) is 9.52. The largest absolute Gasteiger partial charge is 0.497 e. The van der Waals surface area contributed by atoms with Gasteiger partial charge in [0, 0.05) is 60.9 Å². The molecule has 1 aromatic carbocycles. The first-order valence-corrected chi connectivity index (χ1v) is 12.1. The van der Waals surface area contributed by atoms with Crippen molar-refractivity contribution >= 4 is 21.6 Å².